The van der Waals surface area contributed by atoms with E-state index < -0.39 is 0 Å². The Hall–Kier alpha value is -2.73. The summed E-state index contributed by atoms with van der Waals surface area (Å²) in [6.07, 6.45) is 0.695. The number of nitrogens with one attached hydrogen (secondary N) is 1. The van der Waals surface area contributed by atoms with Crippen molar-refractivity contribution in [2.45, 2.75) is 20.3 Å². The largest absolute Gasteiger partial charge is 0.484 e. The van der Waals surface area contributed by atoms with Crippen LogP contribution in [0.2, 0.25) is 0 Å². The second-order valence-corrected chi connectivity index (χ2v) is 7.32. The van der Waals surface area contributed by atoms with Crippen LogP contribution in [0.15, 0.2) is 48.5 Å². The molecule has 3 aromatic rings. The van der Waals surface area contributed by atoms with Crippen LogP contribution in [0.4, 0.5) is 4.39 Å². The summed E-state index contributed by atoms with van der Waals surface area (Å²) < 4.78 is 18.5. The number of carbonyl (C=O) groups excluding carboxylic acids is 1. The van der Waals surface area contributed by atoms with Crippen molar-refractivity contribution in [1.29, 1.82) is 0 Å². The Morgan fingerprint density at radius 1 is 1.19 bits per heavy atom. The van der Waals surface area contributed by atoms with E-state index >= 15 is 0 Å². The molecule has 0 bridgehead atoms. The molecule has 0 spiro atoms. The number of nitrogens with zero attached hydrogens (tertiary/aromatic N) is 1. The Morgan fingerprint density at radius 2 is 1.96 bits per heavy atom. The van der Waals surface area contributed by atoms with Gasteiger partial charge in [0.2, 0.25) is 0 Å². The fourth-order valence-electron chi connectivity index (χ4n) is 2.60. The molecular weight excluding hydrogens is 363 g/mol. The van der Waals surface area contributed by atoms with Crippen LogP contribution in [0.1, 0.15) is 16.1 Å². The predicted molar refractivity (Wildman–Crippen MR) is 106 cm³/mol. The molecule has 1 N–H and O–H groups in total. The lowest BCUT2D eigenvalue weighted by Crippen LogP contribution is -2.30. The highest BCUT2D eigenvalue weighted by atomic mass is 32.1. The van der Waals surface area contributed by atoms with E-state index in [9.17, 15) is 9.18 Å². The molecule has 140 valence electrons. The Morgan fingerprint density at radius 3 is 2.70 bits per heavy atom. The van der Waals surface area contributed by atoms with Crippen LogP contribution in [0.25, 0.3) is 10.6 Å². The molecule has 27 heavy (non-hydrogen) atoms. The Balaban J connectivity index is 1.48. The molecule has 0 radical (unpaired) electrons. The van der Waals surface area contributed by atoms with Gasteiger partial charge >= 0.3 is 0 Å². The molecule has 0 aliphatic rings. The van der Waals surface area contributed by atoms with Gasteiger partial charge in [-0.15, -0.1) is 11.3 Å². The minimum Gasteiger partial charge on any atom is -0.484 e. The molecule has 0 aliphatic carbocycles. The van der Waals surface area contributed by atoms with Gasteiger partial charge in [0, 0.05) is 23.4 Å². The number of hydrogen-bond acceptors (Lipinski definition) is 4. The van der Waals surface area contributed by atoms with E-state index in [1.165, 1.54) is 12.1 Å². The van der Waals surface area contributed by atoms with Crippen molar-refractivity contribution >= 4 is 17.2 Å². The zero-order valence-corrected chi connectivity index (χ0v) is 16.1. The first kappa shape index (κ1) is 19.0. The molecule has 0 atom stereocenters. The number of rotatable bonds is 7. The molecule has 1 heterocycles. The fourth-order valence-corrected chi connectivity index (χ4v) is 3.66. The zero-order chi connectivity index (χ0) is 19.2. The molecule has 0 saturated carbocycles. The zero-order valence-electron chi connectivity index (χ0n) is 15.3. The molecule has 0 aliphatic heterocycles. The summed E-state index contributed by atoms with van der Waals surface area (Å²) in [4.78, 5) is 17.6. The van der Waals surface area contributed by atoms with Crippen molar-refractivity contribution in [1.82, 2.24) is 10.3 Å². The third-order valence-electron chi connectivity index (χ3n) is 4.02. The summed E-state index contributed by atoms with van der Waals surface area (Å²) >= 11 is 1.57. The Labute approximate surface area is 162 Å². The third kappa shape index (κ3) is 5.37. The standard InChI is InChI=1S/C21H21FN2O2S/c1-14-4-3-5-18(12-14)26-13-20(25)23-11-10-19-15(2)24-21(27-19)16-6-8-17(22)9-7-16/h3-9,12H,10-11,13H2,1-2H3,(H,23,25). The van der Waals surface area contributed by atoms with Gasteiger partial charge in [-0.2, -0.15) is 0 Å². The van der Waals surface area contributed by atoms with Gasteiger partial charge < -0.3 is 10.1 Å². The minimum atomic E-state index is -0.261. The maximum atomic E-state index is 13.1. The average Bonchev–Trinajstić information content (AvgIpc) is 3.01. The molecule has 1 aromatic heterocycles. The smallest absolute Gasteiger partial charge is 0.257 e. The lowest BCUT2D eigenvalue weighted by atomic mass is 10.2. The molecule has 3 rings (SSSR count). The predicted octanol–water partition coefficient (Wildman–Crippen LogP) is 4.30. The first-order valence-corrected chi connectivity index (χ1v) is 9.51. The van der Waals surface area contributed by atoms with Crippen molar-refractivity contribution in [2.75, 3.05) is 13.2 Å². The third-order valence-corrected chi connectivity index (χ3v) is 5.28. The van der Waals surface area contributed by atoms with Gasteiger partial charge in [-0.05, 0) is 55.8 Å². The van der Waals surface area contributed by atoms with Gasteiger partial charge in [-0.1, -0.05) is 12.1 Å². The summed E-state index contributed by atoms with van der Waals surface area (Å²) in [6.45, 7) is 4.43. The summed E-state index contributed by atoms with van der Waals surface area (Å²) in [7, 11) is 0. The quantitative estimate of drug-likeness (QED) is 0.661. The second-order valence-electron chi connectivity index (χ2n) is 6.24. The van der Waals surface area contributed by atoms with Gasteiger partial charge in [-0.3, -0.25) is 4.79 Å². The van der Waals surface area contributed by atoms with E-state index in [1.807, 2.05) is 38.1 Å². The molecule has 0 unspecified atom stereocenters. The van der Waals surface area contributed by atoms with E-state index in [-0.39, 0.29) is 18.3 Å². The first-order chi connectivity index (χ1) is 13.0. The molecule has 0 saturated heterocycles. The SMILES string of the molecule is Cc1cccc(OCC(=O)NCCc2sc(-c3ccc(F)cc3)nc2C)c1. The van der Waals surface area contributed by atoms with Gasteiger partial charge in [0.05, 0.1) is 5.69 Å². The summed E-state index contributed by atoms with van der Waals surface area (Å²) in [5, 5.41) is 3.72. The Kier molecular flexibility index (Phi) is 6.19. The van der Waals surface area contributed by atoms with Crippen LogP contribution in [0, 0.1) is 19.7 Å². The van der Waals surface area contributed by atoms with Gasteiger partial charge in [0.25, 0.3) is 5.91 Å². The van der Waals surface area contributed by atoms with E-state index in [0.29, 0.717) is 18.7 Å². The number of aryl methyl sites for hydroxylation is 2. The van der Waals surface area contributed by atoms with Crippen molar-refractivity contribution in [3.05, 3.63) is 70.5 Å². The van der Waals surface area contributed by atoms with Crippen LogP contribution >= 0.6 is 11.3 Å². The van der Waals surface area contributed by atoms with Crippen molar-refractivity contribution in [3.63, 3.8) is 0 Å². The number of ether oxygens (including phenoxy) is 1. The molecular formula is C21H21FN2O2S. The van der Waals surface area contributed by atoms with E-state index in [4.69, 9.17) is 4.74 Å². The Bertz CT molecular complexity index is 922. The summed E-state index contributed by atoms with van der Waals surface area (Å²) in [6, 6.07) is 13.9. The maximum absolute atomic E-state index is 13.1. The van der Waals surface area contributed by atoms with E-state index in [0.717, 1.165) is 26.7 Å². The van der Waals surface area contributed by atoms with Gasteiger partial charge in [-0.25, -0.2) is 9.37 Å². The highest BCUT2D eigenvalue weighted by Gasteiger charge is 2.10. The average molecular weight is 384 g/mol. The highest BCUT2D eigenvalue weighted by Crippen LogP contribution is 2.28. The van der Waals surface area contributed by atoms with E-state index in [2.05, 4.69) is 10.3 Å². The van der Waals surface area contributed by atoms with Crippen LogP contribution < -0.4 is 10.1 Å². The molecule has 0 fully saturated rings. The fraction of sp³-hybridized carbons (Fsp3) is 0.238. The molecule has 2 aromatic carbocycles. The van der Waals surface area contributed by atoms with Crippen LogP contribution in [-0.4, -0.2) is 24.0 Å². The summed E-state index contributed by atoms with van der Waals surface area (Å²) in [5.74, 6) is 0.271. The van der Waals surface area contributed by atoms with Crippen molar-refractivity contribution < 1.29 is 13.9 Å². The van der Waals surface area contributed by atoms with Gasteiger partial charge in [0.1, 0.15) is 16.6 Å². The maximum Gasteiger partial charge on any atom is 0.257 e. The second kappa shape index (κ2) is 8.77. The molecule has 1 amide bonds. The number of halogens is 1. The van der Waals surface area contributed by atoms with Crippen LogP contribution in [0.5, 0.6) is 5.75 Å². The normalized spacial score (nSPS) is 10.6. The number of hydrogen-bond donors (Lipinski definition) is 1. The first-order valence-electron chi connectivity index (χ1n) is 8.69. The monoisotopic (exact) mass is 384 g/mol. The number of benzene rings is 2. The van der Waals surface area contributed by atoms with Crippen molar-refractivity contribution in [2.24, 2.45) is 0 Å². The lowest BCUT2D eigenvalue weighted by Gasteiger charge is -2.07. The van der Waals surface area contributed by atoms with Crippen LogP contribution in [-0.2, 0) is 11.2 Å². The number of amides is 1. The summed E-state index contributed by atoms with van der Waals surface area (Å²) in [5.41, 5.74) is 2.92. The topological polar surface area (TPSA) is 51.2 Å². The van der Waals surface area contributed by atoms with Crippen LogP contribution in [0.3, 0.4) is 0 Å². The van der Waals surface area contributed by atoms with Crippen molar-refractivity contribution in [3.8, 4) is 16.3 Å². The number of aromatic nitrogens is 1. The lowest BCUT2D eigenvalue weighted by molar-refractivity contribution is -0.123. The molecule has 4 nitrogen and oxygen atoms in total. The number of thiazole rings is 1. The number of carbonyl (C=O) groups is 1. The van der Waals surface area contributed by atoms with E-state index in [1.54, 1.807) is 23.5 Å². The minimum absolute atomic E-state index is 0.00798. The molecule has 6 heteroatoms. The highest BCUT2D eigenvalue weighted by molar-refractivity contribution is 7.15. The van der Waals surface area contributed by atoms with Gasteiger partial charge in [0.15, 0.2) is 6.61 Å².